The molecule has 3 amide bonds. The highest BCUT2D eigenvalue weighted by Crippen LogP contribution is 2.05. The average Bonchev–Trinajstić information content (AvgIpc) is 2.69. The fourth-order valence-corrected chi connectivity index (χ4v) is 2.54. The maximum absolute atomic E-state index is 12.5. The van der Waals surface area contributed by atoms with Gasteiger partial charge in [0.1, 0.15) is 12.1 Å². The summed E-state index contributed by atoms with van der Waals surface area (Å²) < 4.78 is 0. The van der Waals surface area contributed by atoms with Crippen molar-refractivity contribution < 1.29 is 34.5 Å². The van der Waals surface area contributed by atoms with Crippen LogP contribution in [0.4, 0.5) is 0 Å². The molecular formula is C18H35N7O7. The van der Waals surface area contributed by atoms with Gasteiger partial charge in [-0.3, -0.25) is 19.4 Å². The topological polar surface area (TPSA) is 255 Å². The summed E-state index contributed by atoms with van der Waals surface area (Å²) in [6.07, 6.45) is -0.751. The van der Waals surface area contributed by atoms with Crippen molar-refractivity contribution in [3.8, 4) is 0 Å². The highest BCUT2D eigenvalue weighted by molar-refractivity contribution is 5.94. The predicted molar refractivity (Wildman–Crippen MR) is 115 cm³/mol. The number of hydrogen-bond donors (Lipinski definition) is 9. The summed E-state index contributed by atoms with van der Waals surface area (Å²) in [4.78, 5) is 52.2. The number of guanidine groups is 1. The Kier molecular flexibility index (Phi) is 12.8. The molecule has 32 heavy (non-hydrogen) atoms. The zero-order valence-electron chi connectivity index (χ0n) is 18.4. The van der Waals surface area contributed by atoms with Crippen molar-refractivity contribution in [3.05, 3.63) is 0 Å². The Labute approximate surface area is 186 Å². The molecule has 14 nitrogen and oxygen atoms in total. The van der Waals surface area contributed by atoms with Crippen molar-refractivity contribution in [1.29, 1.82) is 0 Å². The lowest BCUT2D eigenvalue weighted by Gasteiger charge is -2.27. The second kappa shape index (κ2) is 14.2. The van der Waals surface area contributed by atoms with E-state index in [9.17, 15) is 29.4 Å². The highest BCUT2D eigenvalue weighted by Gasteiger charge is 2.33. The van der Waals surface area contributed by atoms with Crippen molar-refractivity contribution in [2.75, 3.05) is 13.2 Å². The Hall–Kier alpha value is -2.97. The molecule has 0 radical (unpaired) electrons. The molecular weight excluding hydrogens is 426 g/mol. The number of nitrogens with zero attached hydrogens (tertiary/aromatic N) is 1. The summed E-state index contributed by atoms with van der Waals surface area (Å²) in [5.41, 5.74) is 16.2. The molecule has 0 bridgehead atoms. The molecule has 0 aliphatic rings. The summed E-state index contributed by atoms with van der Waals surface area (Å²) in [5, 5.41) is 35.0. The second-order valence-corrected chi connectivity index (χ2v) is 7.59. The van der Waals surface area contributed by atoms with E-state index in [0.717, 1.165) is 0 Å². The molecule has 0 aromatic rings. The van der Waals surface area contributed by atoms with Gasteiger partial charge in [-0.25, -0.2) is 4.79 Å². The highest BCUT2D eigenvalue weighted by atomic mass is 16.4. The van der Waals surface area contributed by atoms with Crippen molar-refractivity contribution in [2.24, 2.45) is 28.1 Å². The zero-order chi connectivity index (χ0) is 25.0. The van der Waals surface area contributed by atoms with E-state index in [-0.39, 0.29) is 18.9 Å². The van der Waals surface area contributed by atoms with Gasteiger partial charge in [0.15, 0.2) is 12.0 Å². The van der Waals surface area contributed by atoms with E-state index in [1.165, 1.54) is 6.92 Å². The molecule has 0 aromatic carbocycles. The van der Waals surface area contributed by atoms with Gasteiger partial charge >= 0.3 is 5.97 Å². The minimum atomic E-state index is -1.58. The van der Waals surface area contributed by atoms with Crippen LogP contribution in [0, 0.1) is 5.92 Å². The first-order valence-corrected chi connectivity index (χ1v) is 10.1. The number of rotatable bonds is 14. The van der Waals surface area contributed by atoms with E-state index in [1.54, 1.807) is 13.8 Å². The van der Waals surface area contributed by atoms with Gasteiger partial charge in [0.25, 0.3) is 0 Å². The third-order valence-electron chi connectivity index (χ3n) is 4.41. The molecule has 5 unspecified atom stereocenters. The van der Waals surface area contributed by atoms with Crippen LogP contribution in [-0.2, 0) is 19.2 Å². The summed E-state index contributed by atoms with van der Waals surface area (Å²) >= 11 is 0. The zero-order valence-corrected chi connectivity index (χ0v) is 18.4. The smallest absolute Gasteiger partial charge is 0.328 e. The number of amides is 3. The van der Waals surface area contributed by atoms with E-state index >= 15 is 0 Å². The summed E-state index contributed by atoms with van der Waals surface area (Å²) in [5.74, 6) is -4.43. The van der Waals surface area contributed by atoms with Crippen LogP contribution in [-0.4, -0.2) is 88.4 Å². The Morgan fingerprint density at radius 1 is 0.938 bits per heavy atom. The quantitative estimate of drug-likeness (QED) is 0.0686. The number of aliphatic hydroxyl groups is 2. The molecule has 14 heteroatoms. The Bertz CT molecular complexity index is 681. The van der Waals surface area contributed by atoms with Crippen LogP contribution in [0.3, 0.4) is 0 Å². The van der Waals surface area contributed by atoms with Crippen molar-refractivity contribution in [1.82, 2.24) is 16.0 Å². The number of hydrogen-bond acceptors (Lipinski definition) is 8. The number of carboxylic acids is 1. The number of aliphatic carboxylic acids is 1. The van der Waals surface area contributed by atoms with Crippen molar-refractivity contribution in [3.63, 3.8) is 0 Å². The average molecular weight is 462 g/mol. The number of carboxylic acid groups (broad SMARTS) is 1. The Morgan fingerprint density at radius 2 is 1.50 bits per heavy atom. The van der Waals surface area contributed by atoms with E-state index in [1.807, 2.05) is 0 Å². The van der Waals surface area contributed by atoms with Crippen molar-refractivity contribution >= 4 is 29.7 Å². The van der Waals surface area contributed by atoms with Gasteiger partial charge in [-0.15, -0.1) is 0 Å². The largest absolute Gasteiger partial charge is 0.480 e. The molecule has 5 atom stereocenters. The van der Waals surface area contributed by atoms with Crippen molar-refractivity contribution in [2.45, 2.75) is 63.9 Å². The summed E-state index contributed by atoms with van der Waals surface area (Å²) in [7, 11) is 0. The maximum atomic E-state index is 12.5. The van der Waals surface area contributed by atoms with Gasteiger partial charge < -0.3 is 48.5 Å². The van der Waals surface area contributed by atoms with E-state index in [0.29, 0.717) is 6.42 Å². The number of carbonyl (C=O) groups is 4. The molecule has 0 aromatic heterocycles. The lowest BCUT2D eigenvalue weighted by Crippen LogP contribution is -2.60. The van der Waals surface area contributed by atoms with Crippen LogP contribution in [0.15, 0.2) is 4.99 Å². The SMILES string of the molecule is CC(C)C(NC(=O)C(CO)NC(=O)C(N)CCCN=C(N)N)C(=O)NC(C(=O)O)C(C)O. The minimum Gasteiger partial charge on any atom is -0.480 e. The van der Waals surface area contributed by atoms with Crippen LogP contribution in [0.5, 0.6) is 0 Å². The fourth-order valence-electron chi connectivity index (χ4n) is 2.54. The van der Waals surface area contributed by atoms with Gasteiger partial charge in [0, 0.05) is 6.54 Å². The normalized spacial score (nSPS) is 15.6. The first-order valence-electron chi connectivity index (χ1n) is 10.1. The van der Waals surface area contributed by atoms with E-state index in [2.05, 4.69) is 20.9 Å². The third kappa shape index (κ3) is 10.4. The van der Waals surface area contributed by atoms with Crippen LogP contribution >= 0.6 is 0 Å². The molecule has 0 saturated heterocycles. The summed E-state index contributed by atoms with van der Waals surface area (Å²) in [6.45, 7) is 3.89. The predicted octanol–water partition coefficient (Wildman–Crippen LogP) is -4.06. The Morgan fingerprint density at radius 3 is 1.94 bits per heavy atom. The van der Waals surface area contributed by atoms with E-state index in [4.69, 9.17) is 22.3 Å². The number of carbonyl (C=O) groups excluding carboxylic acids is 3. The van der Waals surface area contributed by atoms with Crippen LogP contribution in [0.2, 0.25) is 0 Å². The van der Waals surface area contributed by atoms with Gasteiger partial charge in [0.05, 0.1) is 18.8 Å². The van der Waals surface area contributed by atoms with Gasteiger partial charge in [-0.05, 0) is 25.7 Å². The molecule has 184 valence electrons. The lowest BCUT2D eigenvalue weighted by molar-refractivity contribution is -0.145. The first kappa shape index (κ1) is 29.0. The van der Waals surface area contributed by atoms with Crippen LogP contribution in [0.25, 0.3) is 0 Å². The first-order chi connectivity index (χ1) is 14.8. The van der Waals surface area contributed by atoms with Crippen LogP contribution in [0.1, 0.15) is 33.6 Å². The minimum absolute atomic E-state index is 0.0908. The molecule has 0 spiro atoms. The molecule has 0 saturated carbocycles. The molecule has 0 rings (SSSR count). The molecule has 12 N–H and O–H groups in total. The number of nitrogens with one attached hydrogen (secondary N) is 3. The molecule has 0 aliphatic carbocycles. The Balaban J connectivity index is 5.04. The van der Waals surface area contributed by atoms with Gasteiger partial charge in [0.2, 0.25) is 17.7 Å². The molecule has 0 heterocycles. The monoisotopic (exact) mass is 461 g/mol. The fraction of sp³-hybridized carbons (Fsp3) is 0.722. The molecule has 0 aliphatic heterocycles. The number of aliphatic hydroxyl groups excluding tert-OH is 2. The van der Waals surface area contributed by atoms with Gasteiger partial charge in [-0.1, -0.05) is 13.8 Å². The van der Waals surface area contributed by atoms with Crippen LogP contribution < -0.4 is 33.2 Å². The second-order valence-electron chi connectivity index (χ2n) is 7.59. The lowest BCUT2D eigenvalue weighted by atomic mass is 10.0. The number of aliphatic imine (C=N–C) groups is 1. The summed E-state index contributed by atoms with van der Waals surface area (Å²) in [6, 6.07) is -5.15. The standard InChI is InChI=1S/C18H35N7O7/c1-8(2)12(16(30)25-13(9(3)27)17(31)32)24-15(29)11(7-26)23-14(28)10(19)5-4-6-22-18(20)21/h8-13,26-27H,4-7,19H2,1-3H3,(H,23,28)(H,24,29)(H,25,30)(H,31,32)(H4,20,21,22). The molecule has 0 fully saturated rings. The third-order valence-corrected chi connectivity index (χ3v) is 4.41. The maximum Gasteiger partial charge on any atom is 0.328 e. The van der Waals surface area contributed by atoms with Gasteiger partial charge in [-0.2, -0.15) is 0 Å². The van der Waals surface area contributed by atoms with E-state index < -0.39 is 66.5 Å². The number of nitrogens with two attached hydrogens (primary N) is 3.